The number of benzene rings is 1. The van der Waals surface area contributed by atoms with Gasteiger partial charge in [0.1, 0.15) is 5.82 Å². The first kappa shape index (κ1) is 16.4. The monoisotopic (exact) mass is 326 g/mol. The summed E-state index contributed by atoms with van der Waals surface area (Å²) in [4.78, 5) is 5.95. The van der Waals surface area contributed by atoms with Gasteiger partial charge in [0.2, 0.25) is 0 Å². The maximum Gasteiger partial charge on any atom is 0.145 e. The van der Waals surface area contributed by atoms with Crippen LogP contribution in [0.3, 0.4) is 0 Å². The third kappa shape index (κ3) is 3.82. The lowest BCUT2D eigenvalue weighted by Gasteiger charge is -2.17. The molecule has 0 unspecified atom stereocenters. The van der Waals surface area contributed by atoms with Gasteiger partial charge in [-0.1, -0.05) is 44.5 Å². The van der Waals surface area contributed by atoms with Crippen molar-refractivity contribution in [3.63, 3.8) is 0 Å². The number of rotatable bonds is 4. The van der Waals surface area contributed by atoms with Crippen LogP contribution in [0.5, 0.6) is 0 Å². The fourth-order valence-electron chi connectivity index (χ4n) is 2.19. The standard InChI is InChI=1S/C16H20ClFN2S/c1-16(2,3)15-12(9-19-4)21-13(20-15)8-10-6-5-7-11(17)14(10)18/h5-7,19H,8-9H2,1-4H3. The van der Waals surface area contributed by atoms with Crippen LogP contribution in [0.15, 0.2) is 18.2 Å². The molecule has 0 amide bonds. The van der Waals surface area contributed by atoms with E-state index in [1.54, 1.807) is 29.5 Å². The van der Waals surface area contributed by atoms with Crippen LogP contribution >= 0.6 is 22.9 Å². The topological polar surface area (TPSA) is 24.9 Å². The van der Waals surface area contributed by atoms with Gasteiger partial charge in [-0.2, -0.15) is 0 Å². The first-order chi connectivity index (χ1) is 9.82. The zero-order valence-corrected chi connectivity index (χ0v) is 14.3. The highest BCUT2D eigenvalue weighted by molar-refractivity contribution is 7.11. The third-order valence-electron chi connectivity index (χ3n) is 3.16. The molecule has 5 heteroatoms. The fourth-order valence-corrected chi connectivity index (χ4v) is 3.70. The predicted octanol–water partition coefficient (Wildman–Crippen LogP) is 4.54. The Hall–Kier alpha value is -0.970. The second-order valence-corrected chi connectivity index (χ2v) is 7.62. The highest BCUT2D eigenvalue weighted by Crippen LogP contribution is 2.31. The molecule has 1 heterocycles. The highest BCUT2D eigenvalue weighted by atomic mass is 35.5. The first-order valence-corrected chi connectivity index (χ1v) is 8.09. The molecule has 0 spiro atoms. The lowest BCUT2D eigenvalue weighted by molar-refractivity contribution is 0.561. The Labute approximate surface area is 134 Å². The largest absolute Gasteiger partial charge is 0.315 e. The van der Waals surface area contributed by atoms with E-state index in [-0.39, 0.29) is 16.3 Å². The molecule has 0 saturated carbocycles. The number of thiazole rings is 1. The molecule has 21 heavy (non-hydrogen) atoms. The van der Waals surface area contributed by atoms with Crippen molar-refractivity contribution in [1.29, 1.82) is 0 Å². The van der Waals surface area contributed by atoms with Crippen LogP contribution in [0.25, 0.3) is 0 Å². The van der Waals surface area contributed by atoms with Gasteiger partial charge in [0.15, 0.2) is 0 Å². The molecule has 1 aromatic heterocycles. The molecule has 2 nitrogen and oxygen atoms in total. The van der Waals surface area contributed by atoms with E-state index in [4.69, 9.17) is 16.6 Å². The van der Waals surface area contributed by atoms with Gasteiger partial charge in [-0.3, -0.25) is 0 Å². The van der Waals surface area contributed by atoms with Crippen LogP contribution in [-0.4, -0.2) is 12.0 Å². The minimum atomic E-state index is -0.346. The Balaban J connectivity index is 2.35. The van der Waals surface area contributed by atoms with Crippen molar-refractivity contribution in [1.82, 2.24) is 10.3 Å². The third-order valence-corrected chi connectivity index (χ3v) is 4.51. The van der Waals surface area contributed by atoms with Crippen LogP contribution in [-0.2, 0) is 18.4 Å². The molecule has 0 saturated heterocycles. The van der Waals surface area contributed by atoms with Gasteiger partial charge in [0, 0.05) is 23.3 Å². The Morgan fingerprint density at radius 2 is 2.05 bits per heavy atom. The number of hydrogen-bond donors (Lipinski definition) is 1. The number of nitrogens with zero attached hydrogens (tertiary/aromatic N) is 1. The van der Waals surface area contributed by atoms with Crippen molar-refractivity contribution in [3.05, 3.63) is 50.2 Å². The van der Waals surface area contributed by atoms with Crippen LogP contribution in [0.4, 0.5) is 4.39 Å². The van der Waals surface area contributed by atoms with Crippen LogP contribution in [0.1, 0.15) is 41.9 Å². The number of aromatic nitrogens is 1. The Morgan fingerprint density at radius 3 is 2.67 bits per heavy atom. The average Bonchev–Trinajstić information content (AvgIpc) is 2.78. The molecular weight excluding hydrogens is 307 g/mol. The van der Waals surface area contributed by atoms with Crippen molar-refractivity contribution in [3.8, 4) is 0 Å². The molecule has 1 N–H and O–H groups in total. The SMILES string of the molecule is CNCc1sc(Cc2cccc(Cl)c2F)nc1C(C)(C)C. The second-order valence-electron chi connectivity index (χ2n) is 6.05. The molecule has 0 aliphatic heterocycles. The average molecular weight is 327 g/mol. The minimum Gasteiger partial charge on any atom is -0.315 e. The van der Waals surface area contributed by atoms with E-state index in [0.29, 0.717) is 12.0 Å². The molecule has 2 rings (SSSR count). The Bertz CT molecular complexity index is 632. The smallest absolute Gasteiger partial charge is 0.145 e. The van der Waals surface area contributed by atoms with Crippen molar-refractivity contribution in [2.75, 3.05) is 7.05 Å². The maximum atomic E-state index is 14.0. The summed E-state index contributed by atoms with van der Waals surface area (Å²) in [6.45, 7) is 7.21. The molecular formula is C16H20ClFN2S. The molecule has 0 aliphatic rings. The first-order valence-electron chi connectivity index (χ1n) is 6.89. The van der Waals surface area contributed by atoms with Gasteiger partial charge in [-0.05, 0) is 18.7 Å². The van der Waals surface area contributed by atoms with Crippen molar-refractivity contribution >= 4 is 22.9 Å². The quantitative estimate of drug-likeness (QED) is 0.892. The van der Waals surface area contributed by atoms with E-state index < -0.39 is 0 Å². The van der Waals surface area contributed by atoms with Gasteiger partial charge in [-0.25, -0.2) is 9.37 Å². The lowest BCUT2D eigenvalue weighted by atomic mass is 9.91. The summed E-state index contributed by atoms with van der Waals surface area (Å²) < 4.78 is 14.0. The summed E-state index contributed by atoms with van der Waals surface area (Å²) in [7, 11) is 1.92. The predicted molar refractivity (Wildman–Crippen MR) is 87.8 cm³/mol. The lowest BCUT2D eigenvalue weighted by Crippen LogP contribution is -2.16. The zero-order chi connectivity index (χ0) is 15.6. The zero-order valence-electron chi connectivity index (χ0n) is 12.8. The molecule has 114 valence electrons. The van der Waals surface area contributed by atoms with Gasteiger partial charge in [0.25, 0.3) is 0 Å². The summed E-state index contributed by atoms with van der Waals surface area (Å²) in [6, 6.07) is 5.10. The Morgan fingerprint density at radius 1 is 1.33 bits per heavy atom. The van der Waals surface area contributed by atoms with E-state index in [1.807, 2.05) is 7.05 Å². The van der Waals surface area contributed by atoms with Gasteiger partial charge < -0.3 is 5.32 Å². The van der Waals surface area contributed by atoms with E-state index >= 15 is 0 Å². The van der Waals surface area contributed by atoms with E-state index in [2.05, 4.69) is 26.1 Å². The highest BCUT2D eigenvalue weighted by Gasteiger charge is 2.23. The molecule has 0 aliphatic carbocycles. The molecule has 1 aromatic carbocycles. The maximum absolute atomic E-state index is 14.0. The number of hydrogen-bond acceptors (Lipinski definition) is 3. The van der Waals surface area contributed by atoms with Crippen LogP contribution < -0.4 is 5.32 Å². The summed E-state index contributed by atoms with van der Waals surface area (Å²) in [5.41, 5.74) is 1.65. The molecule has 0 fully saturated rings. The van der Waals surface area contributed by atoms with Gasteiger partial charge >= 0.3 is 0 Å². The van der Waals surface area contributed by atoms with E-state index in [1.165, 1.54) is 4.88 Å². The normalized spacial score (nSPS) is 11.9. The van der Waals surface area contributed by atoms with Crippen molar-refractivity contribution in [2.24, 2.45) is 0 Å². The van der Waals surface area contributed by atoms with Crippen molar-refractivity contribution < 1.29 is 4.39 Å². The minimum absolute atomic E-state index is 0.0200. The van der Waals surface area contributed by atoms with Gasteiger partial charge in [0.05, 0.1) is 15.7 Å². The number of halogens is 2. The number of nitrogens with one attached hydrogen (secondary N) is 1. The van der Waals surface area contributed by atoms with Crippen LogP contribution in [0, 0.1) is 5.82 Å². The van der Waals surface area contributed by atoms with Gasteiger partial charge in [-0.15, -0.1) is 11.3 Å². The summed E-state index contributed by atoms with van der Waals surface area (Å²) in [6.07, 6.45) is 0.476. The molecule has 0 bridgehead atoms. The summed E-state index contributed by atoms with van der Waals surface area (Å²) in [5, 5.41) is 4.25. The van der Waals surface area contributed by atoms with Crippen LogP contribution in [0.2, 0.25) is 5.02 Å². The van der Waals surface area contributed by atoms with E-state index in [9.17, 15) is 4.39 Å². The fraction of sp³-hybridized carbons (Fsp3) is 0.438. The summed E-state index contributed by atoms with van der Waals surface area (Å²) >= 11 is 7.47. The van der Waals surface area contributed by atoms with E-state index in [0.717, 1.165) is 17.2 Å². The van der Waals surface area contributed by atoms with Crippen molar-refractivity contribution in [2.45, 2.75) is 39.2 Å². The second kappa shape index (κ2) is 6.42. The molecule has 0 radical (unpaired) electrons. The molecule has 0 atom stereocenters. The summed E-state index contributed by atoms with van der Waals surface area (Å²) in [5.74, 6) is -0.346. The Kier molecular flexibility index (Phi) is 5.02. The molecule has 2 aromatic rings.